The average Bonchev–Trinajstić information content (AvgIpc) is 2.50. The van der Waals surface area contributed by atoms with Gasteiger partial charge in [-0.15, -0.1) is 0 Å². The summed E-state index contributed by atoms with van der Waals surface area (Å²) in [6.45, 7) is 1.53. The van der Waals surface area contributed by atoms with Crippen LogP contribution in [0.15, 0.2) is 0 Å². The molecule has 0 heterocycles. The van der Waals surface area contributed by atoms with Gasteiger partial charge in [0.2, 0.25) is 0 Å². The zero-order valence-electron chi connectivity index (χ0n) is 14.3. The average molecular weight is 583 g/mol. The van der Waals surface area contributed by atoms with E-state index in [1.165, 1.54) is 6.92 Å². The van der Waals surface area contributed by atoms with Gasteiger partial charge in [-0.05, 0) is 0 Å². The third-order valence-corrected chi connectivity index (χ3v) is 12.1. The molecule has 0 radical (unpaired) electrons. The van der Waals surface area contributed by atoms with Gasteiger partial charge in [-0.2, -0.15) is 0 Å². The summed E-state index contributed by atoms with van der Waals surface area (Å²) in [7, 11) is 0. The van der Waals surface area contributed by atoms with Crippen molar-refractivity contribution in [1.82, 2.24) is 0 Å². The van der Waals surface area contributed by atoms with Crippen molar-refractivity contribution in [3.05, 3.63) is 0 Å². The Kier molecular flexibility index (Phi) is 5.65. The molecule has 0 saturated heterocycles. The van der Waals surface area contributed by atoms with Gasteiger partial charge in [0.05, 0.1) is 0 Å². The van der Waals surface area contributed by atoms with Crippen molar-refractivity contribution in [2.45, 2.75) is 72.3 Å². The topological polar surface area (TPSA) is 0 Å². The summed E-state index contributed by atoms with van der Waals surface area (Å²) in [6, 6.07) is 0. The van der Waals surface area contributed by atoms with Gasteiger partial charge in [-0.25, -0.2) is 0 Å². The normalized spacial score (nSPS) is 29.0. The minimum absolute atomic E-state index is 0.169. The van der Waals surface area contributed by atoms with Crippen LogP contribution in [0.1, 0.15) is 39.0 Å². The van der Waals surface area contributed by atoms with Crippen molar-refractivity contribution in [3.8, 4) is 0 Å². The molecule has 1 saturated carbocycles. The van der Waals surface area contributed by atoms with Crippen LogP contribution in [-0.4, -0.2) is 37.7 Å². The summed E-state index contributed by atoms with van der Waals surface area (Å²) in [5.41, 5.74) is 0. The van der Waals surface area contributed by atoms with Gasteiger partial charge in [-0.1, -0.05) is 0 Å². The number of halogens is 16. The molecule has 0 aliphatic heterocycles. The molecular weight excluding hydrogens is 568 g/mol. The molecule has 0 amide bonds. The van der Waals surface area contributed by atoms with Crippen molar-refractivity contribution < 1.29 is 77.7 Å². The van der Waals surface area contributed by atoms with Gasteiger partial charge in [-0.3, -0.25) is 0 Å². The van der Waals surface area contributed by atoms with Crippen LogP contribution >= 0.6 is 0 Å². The molecule has 1 fully saturated rings. The van der Waals surface area contributed by atoms with Crippen LogP contribution in [0.25, 0.3) is 0 Å². The molecule has 1 rings (SSSR count). The van der Waals surface area contributed by atoms with E-state index in [1.807, 2.05) is 0 Å². The van der Waals surface area contributed by atoms with E-state index in [-0.39, 0.29) is 12.8 Å². The van der Waals surface area contributed by atoms with E-state index in [9.17, 15) is 59.7 Å². The first-order chi connectivity index (χ1) is 12.3. The molecular formula is C13H15F15I+. The van der Waals surface area contributed by atoms with E-state index >= 15 is 0 Å². The number of hydrogen-bond donors (Lipinski definition) is 0. The van der Waals surface area contributed by atoms with Crippen molar-refractivity contribution in [2.75, 3.05) is 4.43 Å². The molecule has 0 aromatic heterocycles. The molecule has 0 atom stereocenters. The number of hydrogen-bond acceptors (Lipinski definition) is 0. The SMILES string of the molecule is CCCCCCC[I+](F)(F)(F)(F)C1(F)C(F)(F)C(F)(F)C(F)(F)C(F)(F)C1(F)F. The second-order valence-electron chi connectivity index (χ2n) is 6.70. The summed E-state index contributed by atoms with van der Waals surface area (Å²) in [6.07, 6.45) is -2.03. The van der Waals surface area contributed by atoms with E-state index in [0.29, 0.717) is 6.42 Å². The quantitative estimate of drug-likeness (QED) is 0.178. The Balaban J connectivity index is 3.79. The van der Waals surface area contributed by atoms with E-state index in [2.05, 4.69) is 0 Å². The summed E-state index contributed by atoms with van der Waals surface area (Å²) in [5.74, 6) is -40.3. The summed E-state index contributed by atoms with van der Waals surface area (Å²) < 4.78 is 193. The maximum atomic E-state index is 14.4. The van der Waals surface area contributed by atoms with E-state index < -0.39 is 68.5 Å². The first kappa shape index (κ1) is 26.7. The van der Waals surface area contributed by atoms with Crippen LogP contribution in [0.5, 0.6) is 0 Å². The Labute approximate surface area is 155 Å². The second-order valence-corrected chi connectivity index (χ2v) is 15.8. The molecule has 0 aromatic carbocycles. The second kappa shape index (κ2) is 6.13. The molecule has 0 unspecified atom stereocenters. The molecule has 16 heteroatoms. The molecule has 1 aliphatic rings. The molecule has 0 aromatic rings. The maximum absolute atomic E-state index is 14.4. The molecule has 1 aliphatic carbocycles. The zero-order chi connectivity index (χ0) is 23.7. The predicted molar refractivity (Wildman–Crippen MR) is 66.6 cm³/mol. The number of rotatable bonds is 7. The molecule has 0 N–H and O–H groups in total. The standard InChI is InChI=1S/C13H15F15I/c1-2-3-4-5-6-7-29(25,26,27,28)13(24)11(20,21)9(16,17)8(14,15)10(18,19)12(13,22)23/h2-7H2,1H3/q+1. The fourth-order valence-electron chi connectivity index (χ4n) is 2.81. The van der Waals surface area contributed by atoms with Crippen molar-refractivity contribution >= 4 is 0 Å². The van der Waals surface area contributed by atoms with Gasteiger partial charge in [0.15, 0.2) is 0 Å². The van der Waals surface area contributed by atoms with Crippen molar-refractivity contribution in [1.29, 1.82) is 0 Å². The Morgan fingerprint density at radius 1 is 0.483 bits per heavy atom. The van der Waals surface area contributed by atoms with Crippen molar-refractivity contribution in [3.63, 3.8) is 0 Å². The third kappa shape index (κ3) is 2.95. The van der Waals surface area contributed by atoms with Gasteiger partial charge < -0.3 is 0 Å². The van der Waals surface area contributed by atoms with Crippen LogP contribution in [-0.2, 0) is 0 Å². The monoisotopic (exact) mass is 583 g/mol. The summed E-state index contributed by atoms with van der Waals surface area (Å²) in [5, 5.41) is 0. The van der Waals surface area contributed by atoms with E-state index in [4.69, 9.17) is 0 Å². The van der Waals surface area contributed by atoms with Gasteiger partial charge >= 0.3 is 154 Å². The molecule has 0 nitrogen and oxygen atoms in total. The Morgan fingerprint density at radius 2 is 0.793 bits per heavy atom. The van der Waals surface area contributed by atoms with Crippen LogP contribution in [0.3, 0.4) is 0 Å². The summed E-state index contributed by atoms with van der Waals surface area (Å²) in [4.78, 5) is 0. The third-order valence-electron chi connectivity index (χ3n) is 4.56. The Hall–Kier alpha value is -0.320. The Morgan fingerprint density at radius 3 is 1.14 bits per heavy atom. The molecule has 0 bridgehead atoms. The predicted octanol–water partition coefficient (Wildman–Crippen LogP) is 4.58. The first-order valence-corrected chi connectivity index (χ1v) is 13.7. The van der Waals surface area contributed by atoms with Gasteiger partial charge in [0, 0.05) is 0 Å². The molecule has 0 spiro atoms. The van der Waals surface area contributed by atoms with E-state index in [0.717, 1.165) is 0 Å². The van der Waals surface area contributed by atoms with E-state index in [1.54, 1.807) is 0 Å². The van der Waals surface area contributed by atoms with Crippen LogP contribution < -0.4 is 18.0 Å². The molecule has 178 valence electrons. The Bertz CT molecular complexity index is 616. The first-order valence-electron chi connectivity index (χ1n) is 7.81. The minimum atomic E-state index is -12.9. The number of unbranched alkanes of at least 4 members (excludes halogenated alkanes) is 4. The fraction of sp³-hybridized carbons (Fsp3) is 1.00. The molecule has 29 heavy (non-hydrogen) atoms. The van der Waals surface area contributed by atoms with Crippen molar-refractivity contribution in [2.24, 2.45) is 0 Å². The van der Waals surface area contributed by atoms with Gasteiger partial charge in [0.1, 0.15) is 0 Å². The van der Waals surface area contributed by atoms with Crippen LogP contribution in [0.4, 0.5) is 59.7 Å². The fourth-order valence-corrected chi connectivity index (χ4v) is 9.31. The van der Waals surface area contributed by atoms with Crippen LogP contribution in [0, 0.1) is 0 Å². The zero-order valence-corrected chi connectivity index (χ0v) is 16.4. The van der Waals surface area contributed by atoms with Crippen LogP contribution in [0.2, 0.25) is 0 Å². The van der Waals surface area contributed by atoms with Gasteiger partial charge in [0.25, 0.3) is 0 Å². The summed E-state index contributed by atoms with van der Waals surface area (Å²) >= 11 is -12.9. The number of alkyl halides is 13.